The monoisotopic (exact) mass is 275 g/mol. The molecule has 1 aromatic rings. The van der Waals surface area contributed by atoms with Gasteiger partial charge in [-0.05, 0) is 29.7 Å². The van der Waals surface area contributed by atoms with Crippen LogP contribution in [0.25, 0.3) is 0 Å². The Kier molecular flexibility index (Phi) is 3.89. The Labute approximate surface area is 107 Å². The van der Waals surface area contributed by atoms with Crippen molar-refractivity contribution >= 4 is 29.1 Å². The molecule has 1 saturated heterocycles. The Morgan fingerprint density at radius 1 is 1.47 bits per heavy atom. The first-order valence-corrected chi connectivity index (χ1v) is 6.81. The predicted molar refractivity (Wildman–Crippen MR) is 67.2 cm³/mol. The maximum absolute atomic E-state index is 13.2. The fourth-order valence-corrected chi connectivity index (χ4v) is 3.76. The Morgan fingerprint density at radius 3 is 2.82 bits per heavy atom. The second-order valence-electron chi connectivity index (χ2n) is 4.09. The van der Waals surface area contributed by atoms with Crippen molar-refractivity contribution in [2.45, 2.75) is 11.8 Å². The minimum Gasteiger partial charge on any atom is -0.258 e. The van der Waals surface area contributed by atoms with E-state index in [0.717, 1.165) is 17.6 Å². The van der Waals surface area contributed by atoms with Crippen molar-refractivity contribution in [3.05, 3.63) is 39.7 Å². The number of rotatable bonds is 3. The minimum atomic E-state index is -0.575. The molecular weight excluding hydrogens is 265 g/mol. The molecule has 0 aliphatic carbocycles. The standard InChI is InChI=1S/C11H11ClFNO2S/c12-11-6-17-5-8(11)1-7-2-9(13)4-10(3-7)14(15)16/h2-4,8,11H,1,5-6H2. The summed E-state index contributed by atoms with van der Waals surface area (Å²) in [5.41, 5.74) is 0.451. The highest BCUT2D eigenvalue weighted by atomic mass is 35.5. The van der Waals surface area contributed by atoms with Crippen molar-refractivity contribution < 1.29 is 9.31 Å². The van der Waals surface area contributed by atoms with Gasteiger partial charge in [0.25, 0.3) is 5.69 Å². The van der Waals surface area contributed by atoms with Gasteiger partial charge >= 0.3 is 0 Å². The first-order chi connectivity index (χ1) is 8.06. The van der Waals surface area contributed by atoms with Crippen molar-refractivity contribution in [2.75, 3.05) is 11.5 Å². The summed E-state index contributed by atoms with van der Waals surface area (Å²) < 4.78 is 13.2. The van der Waals surface area contributed by atoms with E-state index >= 15 is 0 Å². The van der Waals surface area contributed by atoms with Gasteiger partial charge in [0.15, 0.2) is 0 Å². The van der Waals surface area contributed by atoms with Gasteiger partial charge in [0.2, 0.25) is 0 Å². The maximum atomic E-state index is 13.2. The zero-order valence-corrected chi connectivity index (χ0v) is 10.5. The van der Waals surface area contributed by atoms with Gasteiger partial charge in [-0.25, -0.2) is 4.39 Å². The Bertz CT molecular complexity index is 443. The number of alkyl halides is 1. The van der Waals surface area contributed by atoms with Crippen LogP contribution in [0.4, 0.5) is 10.1 Å². The third-order valence-electron chi connectivity index (χ3n) is 2.77. The number of hydrogen-bond donors (Lipinski definition) is 0. The highest BCUT2D eigenvalue weighted by molar-refractivity contribution is 7.99. The van der Waals surface area contributed by atoms with Crippen LogP contribution >= 0.6 is 23.4 Å². The molecule has 0 amide bonds. The number of benzene rings is 1. The summed E-state index contributed by atoms with van der Waals surface area (Å²) in [6.07, 6.45) is 0.597. The van der Waals surface area contributed by atoms with Crippen LogP contribution in [-0.4, -0.2) is 21.8 Å². The summed E-state index contributed by atoms with van der Waals surface area (Å²) in [7, 11) is 0. The second kappa shape index (κ2) is 5.23. The van der Waals surface area contributed by atoms with E-state index in [1.165, 1.54) is 12.1 Å². The lowest BCUT2D eigenvalue weighted by Gasteiger charge is -2.12. The van der Waals surface area contributed by atoms with E-state index < -0.39 is 10.7 Å². The van der Waals surface area contributed by atoms with Crippen LogP contribution < -0.4 is 0 Å². The molecule has 2 atom stereocenters. The van der Waals surface area contributed by atoms with Crippen LogP contribution in [0.2, 0.25) is 0 Å². The third-order valence-corrected chi connectivity index (χ3v) is 4.72. The second-order valence-corrected chi connectivity index (χ2v) is 5.73. The molecule has 1 aliphatic heterocycles. The van der Waals surface area contributed by atoms with E-state index in [0.29, 0.717) is 12.0 Å². The molecule has 2 rings (SSSR count). The first-order valence-electron chi connectivity index (χ1n) is 5.22. The van der Waals surface area contributed by atoms with Gasteiger partial charge in [0.05, 0.1) is 11.0 Å². The molecule has 0 radical (unpaired) electrons. The number of non-ortho nitro benzene ring substituents is 1. The molecule has 0 aromatic heterocycles. The average Bonchev–Trinajstić information content (AvgIpc) is 2.63. The Hall–Kier alpha value is -0.810. The summed E-state index contributed by atoms with van der Waals surface area (Å²) in [6.45, 7) is 0. The normalized spacial score (nSPS) is 23.9. The summed E-state index contributed by atoms with van der Waals surface area (Å²) in [4.78, 5) is 10.0. The molecule has 1 aliphatic rings. The molecule has 17 heavy (non-hydrogen) atoms. The van der Waals surface area contributed by atoms with Crippen molar-refractivity contribution in [2.24, 2.45) is 5.92 Å². The van der Waals surface area contributed by atoms with Gasteiger partial charge in [0, 0.05) is 17.2 Å². The molecule has 6 heteroatoms. The van der Waals surface area contributed by atoms with E-state index in [1.807, 2.05) is 0 Å². The molecule has 1 fully saturated rings. The lowest BCUT2D eigenvalue weighted by Crippen LogP contribution is -2.14. The minimum absolute atomic E-state index is 0.0716. The number of nitro benzene ring substituents is 1. The highest BCUT2D eigenvalue weighted by Crippen LogP contribution is 2.31. The molecular formula is C11H11ClFNO2S. The zero-order valence-electron chi connectivity index (χ0n) is 8.94. The molecule has 0 spiro atoms. The van der Waals surface area contributed by atoms with E-state index in [1.54, 1.807) is 11.8 Å². The number of thioether (sulfide) groups is 1. The fraction of sp³-hybridized carbons (Fsp3) is 0.455. The van der Waals surface area contributed by atoms with Gasteiger partial charge in [-0.15, -0.1) is 11.6 Å². The molecule has 0 saturated carbocycles. The van der Waals surface area contributed by atoms with Crippen LogP contribution in [0.15, 0.2) is 18.2 Å². The highest BCUT2D eigenvalue weighted by Gasteiger charge is 2.26. The van der Waals surface area contributed by atoms with Crippen molar-refractivity contribution in [1.29, 1.82) is 0 Å². The van der Waals surface area contributed by atoms with E-state index in [-0.39, 0.29) is 17.0 Å². The van der Waals surface area contributed by atoms with Gasteiger partial charge in [-0.1, -0.05) is 0 Å². The SMILES string of the molecule is O=[N+]([O-])c1cc(F)cc(CC2CSCC2Cl)c1. The summed E-state index contributed by atoms with van der Waals surface area (Å²) in [6, 6.07) is 3.71. The van der Waals surface area contributed by atoms with Gasteiger partial charge < -0.3 is 0 Å². The number of nitrogens with zero attached hydrogens (tertiary/aromatic N) is 1. The van der Waals surface area contributed by atoms with Crippen molar-refractivity contribution in [3.8, 4) is 0 Å². The van der Waals surface area contributed by atoms with Crippen LogP contribution in [-0.2, 0) is 6.42 Å². The van der Waals surface area contributed by atoms with Crippen LogP contribution in [0.3, 0.4) is 0 Å². The lowest BCUT2D eigenvalue weighted by molar-refractivity contribution is -0.385. The van der Waals surface area contributed by atoms with Crippen LogP contribution in [0.1, 0.15) is 5.56 Å². The Morgan fingerprint density at radius 2 is 2.24 bits per heavy atom. The zero-order chi connectivity index (χ0) is 12.4. The largest absolute Gasteiger partial charge is 0.272 e. The molecule has 1 heterocycles. The number of hydrogen-bond acceptors (Lipinski definition) is 3. The van der Waals surface area contributed by atoms with Gasteiger partial charge in [-0.3, -0.25) is 10.1 Å². The van der Waals surface area contributed by atoms with Gasteiger partial charge in [0.1, 0.15) is 5.82 Å². The van der Waals surface area contributed by atoms with E-state index in [9.17, 15) is 14.5 Å². The quantitative estimate of drug-likeness (QED) is 0.483. The average molecular weight is 276 g/mol. The fourth-order valence-electron chi connectivity index (χ4n) is 1.92. The molecule has 2 unspecified atom stereocenters. The van der Waals surface area contributed by atoms with Crippen LogP contribution in [0, 0.1) is 21.8 Å². The molecule has 1 aromatic carbocycles. The van der Waals surface area contributed by atoms with E-state index in [2.05, 4.69) is 0 Å². The van der Waals surface area contributed by atoms with Crippen molar-refractivity contribution in [1.82, 2.24) is 0 Å². The summed E-state index contributed by atoms with van der Waals surface area (Å²) >= 11 is 7.89. The topological polar surface area (TPSA) is 43.1 Å². The molecule has 0 bridgehead atoms. The van der Waals surface area contributed by atoms with Gasteiger partial charge in [-0.2, -0.15) is 11.8 Å². The molecule has 0 N–H and O–H groups in total. The summed E-state index contributed by atoms with van der Waals surface area (Å²) in [5, 5.41) is 10.7. The van der Waals surface area contributed by atoms with Crippen LogP contribution in [0.5, 0.6) is 0 Å². The first kappa shape index (κ1) is 12.6. The molecule has 3 nitrogen and oxygen atoms in total. The number of nitro groups is 1. The predicted octanol–water partition coefficient (Wildman–Crippen LogP) is 3.25. The summed E-state index contributed by atoms with van der Waals surface area (Å²) in [5.74, 6) is 1.52. The lowest BCUT2D eigenvalue weighted by atomic mass is 9.98. The number of halogens is 2. The Balaban J connectivity index is 2.17. The smallest absolute Gasteiger partial charge is 0.258 e. The third kappa shape index (κ3) is 3.10. The van der Waals surface area contributed by atoms with Crippen molar-refractivity contribution in [3.63, 3.8) is 0 Å². The van der Waals surface area contributed by atoms with E-state index in [4.69, 9.17) is 11.6 Å². The maximum Gasteiger partial charge on any atom is 0.272 e. The molecule has 92 valence electrons.